The van der Waals surface area contributed by atoms with Crippen LogP contribution in [0.5, 0.6) is 17.2 Å². The maximum atomic E-state index is 12.5. The minimum absolute atomic E-state index is 0.201. The molecular formula is C21H19NO6. The van der Waals surface area contributed by atoms with Crippen LogP contribution in [-0.2, 0) is 4.74 Å². The third-order valence-corrected chi connectivity index (χ3v) is 4.51. The molecule has 2 aromatic carbocycles. The van der Waals surface area contributed by atoms with E-state index in [4.69, 9.17) is 18.9 Å². The number of rotatable bonds is 3. The molecule has 0 N–H and O–H groups in total. The Labute approximate surface area is 162 Å². The lowest BCUT2D eigenvalue weighted by Gasteiger charge is -2.25. The van der Waals surface area contributed by atoms with E-state index >= 15 is 0 Å². The van der Waals surface area contributed by atoms with Gasteiger partial charge in [0.1, 0.15) is 17.2 Å². The number of ketones is 1. The van der Waals surface area contributed by atoms with Gasteiger partial charge < -0.3 is 23.8 Å². The molecule has 2 aliphatic rings. The molecule has 0 radical (unpaired) electrons. The quantitative estimate of drug-likeness (QED) is 0.761. The molecule has 0 aromatic heterocycles. The van der Waals surface area contributed by atoms with E-state index in [1.165, 1.54) is 0 Å². The van der Waals surface area contributed by atoms with Gasteiger partial charge in [-0.15, -0.1) is 0 Å². The molecule has 7 heteroatoms. The minimum atomic E-state index is -0.416. The smallest absolute Gasteiger partial charge is 0.415 e. The van der Waals surface area contributed by atoms with Crippen LogP contribution in [0.25, 0.3) is 6.08 Å². The summed E-state index contributed by atoms with van der Waals surface area (Å²) in [5.41, 5.74) is 1.18. The second-order valence-electron chi connectivity index (χ2n) is 6.34. The largest absolute Gasteiger partial charge is 0.497 e. The molecule has 0 aliphatic carbocycles. The van der Waals surface area contributed by atoms with Crippen molar-refractivity contribution in [1.82, 2.24) is 4.90 Å². The van der Waals surface area contributed by atoms with Crippen molar-refractivity contribution in [2.45, 2.75) is 0 Å². The van der Waals surface area contributed by atoms with E-state index in [-0.39, 0.29) is 11.5 Å². The number of methoxy groups -OCH3 is 1. The Hall–Kier alpha value is -3.32. The number of nitrogens with zero attached hydrogens (tertiary/aromatic N) is 1. The second kappa shape index (κ2) is 7.74. The number of benzene rings is 2. The standard InChI is InChI=1S/C21H19NO6/c1-25-15-5-6-17-18(13-15)28-19(20(17)23)12-14-3-2-4-16(11-14)27-21(24)22-7-9-26-10-8-22/h2-6,11-13H,7-10H2,1H3. The zero-order valence-corrected chi connectivity index (χ0v) is 15.3. The van der Waals surface area contributed by atoms with Crippen LogP contribution >= 0.6 is 0 Å². The number of ether oxygens (including phenoxy) is 4. The molecule has 2 aliphatic heterocycles. The molecular weight excluding hydrogens is 362 g/mol. The molecule has 1 amide bonds. The summed E-state index contributed by atoms with van der Waals surface area (Å²) in [5.74, 6) is 1.49. The van der Waals surface area contributed by atoms with E-state index in [1.807, 2.05) is 0 Å². The zero-order chi connectivity index (χ0) is 19.5. The van der Waals surface area contributed by atoms with Gasteiger partial charge in [0.25, 0.3) is 0 Å². The van der Waals surface area contributed by atoms with Crippen LogP contribution in [0.4, 0.5) is 4.79 Å². The third-order valence-electron chi connectivity index (χ3n) is 4.51. The van der Waals surface area contributed by atoms with Gasteiger partial charge in [-0.25, -0.2) is 4.79 Å². The van der Waals surface area contributed by atoms with E-state index in [9.17, 15) is 9.59 Å². The zero-order valence-electron chi connectivity index (χ0n) is 15.3. The van der Waals surface area contributed by atoms with Gasteiger partial charge in [-0.3, -0.25) is 4.79 Å². The van der Waals surface area contributed by atoms with E-state index in [2.05, 4.69) is 0 Å². The lowest BCUT2D eigenvalue weighted by atomic mass is 10.1. The van der Waals surface area contributed by atoms with Crippen LogP contribution in [0, 0.1) is 0 Å². The molecule has 28 heavy (non-hydrogen) atoms. The van der Waals surface area contributed by atoms with Crippen LogP contribution in [0.15, 0.2) is 48.2 Å². The molecule has 0 saturated carbocycles. The van der Waals surface area contributed by atoms with Crippen molar-refractivity contribution in [3.05, 3.63) is 59.4 Å². The molecule has 7 nitrogen and oxygen atoms in total. The molecule has 0 spiro atoms. The first-order valence-corrected chi connectivity index (χ1v) is 8.91. The first kappa shape index (κ1) is 18.1. The first-order chi connectivity index (χ1) is 13.6. The fraction of sp³-hybridized carbons (Fsp3) is 0.238. The summed E-state index contributed by atoms with van der Waals surface area (Å²) >= 11 is 0. The Morgan fingerprint density at radius 2 is 1.93 bits per heavy atom. The number of hydrogen-bond donors (Lipinski definition) is 0. The SMILES string of the molecule is COc1ccc2c(c1)OC(=Cc1cccc(OC(=O)N3CCOCC3)c1)C2=O. The summed E-state index contributed by atoms with van der Waals surface area (Å²) in [6.07, 6.45) is 1.21. The number of carbonyl (C=O) groups is 2. The monoisotopic (exact) mass is 381 g/mol. The maximum absolute atomic E-state index is 12.5. The molecule has 0 atom stereocenters. The highest BCUT2D eigenvalue weighted by Crippen LogP contribution is 2.35. The summed E-state index contributed by atoms with van der Waals surface area (Å²) in [6, 6.07) is 12.0. The van der Waals surface area contributed by atoms with Crippen LogP contribution in [0.3, 0.4) is 0 Å². The van der Waals surface area contributed by atoms with Crippen molar-refractivity contribution in [3.63, 3.8) is 0 Å². The number of amides is 1. The van der Waals surface area contributed by atoms with Crippen LogP contribution < -0.4 is 14.2 Å². The van der Waals surface area contributed by atoms with Gasteiger partial charge in [0.15, 0.2) is 5.76 Å². The van der Waals surface area contributed by atoms with Crippen molar-refractivity contribution in [3.8, 4) is 17.2 Å². The molecule has 144 valence electrons. The van der Waals surface area contributed by atoms with Gasteiger partial charge in [-0.1, -0.05) is 12.1 Å². The number of fused-ring (bicyclic) bond motifs is 1. The summed E-state index contributed by atoms with van der Waals surface area (Å²) in [7, 11) is 1.55. The summed E-state index contributed by atoms with van der Waals surface area (Å²) in [6.45, 7) is 2.03. The predicted octanol–water partition coefficient (Wildman–Crippen LogP) is 3.14. The van der Waals surface area contributed by atoms with Gasteiger partial charge in [0, 0.05) is 19.2 Å². The van der Waals surface area contributed by atoms with Gasteiger partial charge in [0.05, 0.1) is 25.9 Å². The number of carbonyl (C=O) groups excluding carboxylic acids is 2. The molecule has 4 rings (SSSR count). The molecule has 0 unspecified atom stereocenters. The molecule has 1 saturated heterocycles. The average Bonchev–Trinajstić information content (AvgIpc) is 3.03. The Balaban J connectivity index is 1.50. The van der Waals surface area contributed by atoms with Crippen molar-refractivity contribution in [1.29, 1.82) is 0 Å². The maximum Gasteiger partial charge on any atom is 0.415 e. The molecule has 0 bridgehead atoms. The summed E-state index contributed by atoms with van der Waals surface area (Å²) in [4.78, 5) is 26.4. The number of hydrogen-bond acceptors (Lipinski definition) is 6. The van der Waals surface area contributed by atoms with Crippen LogP contribution in [0.2, 0.25) is 0 Å². The van der Waals surface area contributed by atoms with Crippen molar-refractivity contribution in [2.75, 3.05) is 33.4 Å². The Bertz CT molecular complexity index is 946. The molecule has 2 heterocycles. The Morgan fingerprint density at radius 1 is 1.11 bits per heavy atom. The number of allylic oxidation sites excluding steroid dienone is 1. The fourth-order valence-corrected chi connectivity index (χ4v) is 3.02. The lowest BCUT2D eigenvalue weighted by molar-refractivity contribution is 0.0416. The van der Waals surface area contributed by atoms with Gasteiger partial charge in [-0.2, -0.15) is 0 Å². The van der Waals surface area contributed by atoms with E-state index in [0.29, 0.717) is 54.7 Å². The number of morpholine rings is 1. The lowest BCUT2D eigenvalue weighted by Crippen LogP contribution is -2.42. The average molecular weight is 381 g/mol. The van der Waals surface area contributed by atoms with Gasteiger partial charge >= 0.3 is 6.09 Å². The van der Waals surface area contributed by atoms with Crippen molar-refractivity contribution >= 4 is 18.0 Å². The second-order valence-corrected chi connectivity index (χ2v) is 6.34. The number of Topliss-reactive ketones (excluding diaryl/α,β-unsaturated/α-hetero) is 1. The first-order valence-electron chi connectivity index (χ1n) is 8.91. The van der Waals surface area contributed by atoms with E-state index < -0.39 is 6.09 Å². The summed E-state index contributed by atoms with van der Waals surface area (Å²) in [5, 5.41) is 0. The highest BCUT2D eigenvalue weighted by atomic mass is 16.6. The third kappa shape index (κ3) is 3.70. The Morgan fingerprint density at radius 3 is 2.71 bits per heavy atom. The summed E-state index contributed by atoms with van der Waals surface area (Å²) < 4.78 is 21.5. The highest BCUT2D eigenvalue weighted by Gasteiger charge is 2.27. The Kier molecular flexibility index (Phi) is 4.99. The van der Waals surface area contributed by atoms with E-state index in [0.717, 1.165) is 0 Å². The van der Waals surface area contributed by atoms with Crippen molar-refractivity contribution in [2.24, 2.45) is 0 Å². The van der Waals surface area contributed by atoms with Gasteiger partial charge in [0.2, 0.25) is 5.78 Å². The van der Waals surface area contributed by atoms with Crippen molar-refractivity contribution < 1.29 is 28.5 Å². The highest BCUT2D eigenvalue weighted by molar-refractivity contribution is 6.14. The topological polar surface area (TPSA) is 74.3 Å². The van der Waals surface area contributed by atoms with Crippen LogP contribution in [-0.4, -0.2) is 50.2 Å². The minimum Gasteiger partial charge on any atom is -0.497 e. The van der Waals surface area contributed by atoms with Gasteiger partial charge in [-0.05, 0) is 35.9 Å². The fourth-order valence-electron chi connectivity index (χ4n) is 3.02. The molecule has 2 aromatic rings. The normalized spacial score (nSPS) is 17.2. The van der Waals surface area contributed by atoms with Crippen LogP contribution in [0.1, 0.15) is 15.9 Å². The predicted molar refractivity (Wildman–Crippen MR) is 101 cm³/mol. The van der Waals surface area contributed by atoms with E-state index in [1.54, 1.807) is 60.6 Å². The molecule has 1 fully saturated rings.